The van der Waals surface area contributed by atoms with Crippen LogP contribution in [0.25, 0.3) is 0 Å². The average Bonchev–Trinajstić information content (AvgIpc) is 2.33. The zero-order chi connectivity index (χ0) is 12.7. The number of para-hydroxylation sites is 1. The maximum Gasteiger partial charge on any atom is 0.138 e. The Kier molecular flexibility index (Phi) is 6.34. The molecule has 0 bridgehead atoms. The monoisotopic (exact) mass is 257 g/mol. The molecular weight excluding hydrogens is 238 g/mol. The van der Waals surface area contributed by atoms with Gasteiger partial charge in [0.1, 0.15) is 5.75 Å². The first-order valence-corrected chi connectivity index (χ1v) is 6.34. The van der Waals surface area contributed by atoms with Gasteiger partial charge in [-0.25, -0.2) is 0 Å². The molecule has 1 aromatic carbocycles. The zero-order valence-corrected chi connectivity index (χ0v) is 10.9. The maximum atomic E-state index is 9.71. The molecule has 0 radical (unpaired) electrons. The molecule has 0 aliphatic heterocycles. The van der Waals surface area contributed by atoms with Crippen molar-refractivity contribution < 1.29 is 10.2 Å². The van der Waals surface area contributed by atoms with Gasteiger partial charge >= 0.3 is 0 Å². The van der Waals surface area contributed by atoms with Gasteiger partial charge in [0.2, 0.25) is 0 Å². The van der Waals surface area contributed by atoms with Crippen molar-refractivity contribution in [2.75, 3.05) is 13.2 Å². The van der Waals surface area contributed by atoms with E-state index in [2.05, 4.69) is 12.2 Å². The lowest BCUT2D eigenvalue weighted by Crippen LogP contribution is -2.22. The molecule has 1 rings (SSSR count). The number of benzene rings is 1. The second-order valence-electron chi connectivity index (χ2n) is 4.17. The Hall–Kier alpha value is -0.770. The third-order valence-corrected chi connectivity index (χ3v) is 3.24. The number of nitrogens with one attached hydrogen (secondary N) is 1. The normalized spacial score (nSPS) is 12.6. The molecule has 96 valence electrons. The van der Waals surface area contributed by atoms with Crippen molar-refractivity contribution in [2.24, 2.45) is 5.92 Å². The van der Waals surface area contributed by atoms with E-state index in [-0.39, 0.29) is 12.4 Å². The zero-order valence-electron chi connectivity index (χ0n) is 10.1. The molecule has 1 aromatic rings. The van der Waals surface area contributed by atoms with Crippen molar-refractivity contribution in [1.29, 1.82) is 0 Å². The van der Waals surface area contributed by atoms with E-state index in [1.807, 2.05) is 12.1 Å². The van der Waals surface area contributed by atoms with E-state index in [0.29, 0.717) is 17.5 Å². The minimum atomic E-state index is 0.150. The fourth-order valence-corrected chi connectivity index (χ4v) is 1.94. The van der Waals surface area contributed by atoms with Gasteiger partial charge in [-0.15, -0.1) is 0 Å². The third-order valence-electron chi connectivity index (χ3n) is 2.93. The molecule has 4 heteroatoms. The van der Waals surface area contributed by atoms with Crippen molar-refractivity contribution in [3.8, 4) is 5.75 Å². The number of aliphatic hydroxyl groups is 1. The van der Waals surface area contributed by atoms with Crippen LogP contribution in [0.3, 0.4) is 0 Å². The lowest BCUT2D eigenvalue weighted by molar-refractivity contribution is 0.251. The molecule has 0 saturated carbocycles. The predicted molar refractivity (Wildman–Crippen MR) is 70.3 cm³/mol. The summed E-state index contributed by atoms with van der Waals surface area (Å²) >= 11 is 5.82. The molecule has 3 nitrogen and oxygen atoms in total. The Balaban J connectivity index is 2.42. The highest BCUT2D eigenvalue weighted by Gasteiger charge is 2.07. The number of hydrogen-bond acceptors (Lipinski definition) is 3. The fraction of sp³-hybridized carbons (Fsp3) is 0.538. The Labute approximate surface area is 107 Å². The number of aromatic hydroxyl groups is 1. The summed E-state index contributed by atoms with van der Waals surface area (Å²) < 4.78 is 0. The van der Waals surface area contributed by atoms with Crippen molar-refractivity contribution in [1.82, 2.24) is 5.32 Å². The molecule has 0 amide bonds. The maximum absolute atomic E-state index is 9.71. The molecule has 0 heterocycles. The van der Waals surface area contributed by atoms with Crippen LogP contribution in [-0.4, -0.2) is 23.4 Å². The summed E-state index contributed by atoms with van der Waals surface area (Å²) in [5, 5.41) is 22.2. The number of aliphatic hydroxyl groups excluding tert-OH is 1. The SMILES string of the molecule is CCC(CCO)CNCc1cccc(Cl)c1O. The lowest BCUT2D eigenvalue weighted by Gasteiger charge is -2.14. The van der Waals surface area contributed by atoms with Crippen molar-refractivity contribution in [2.45, 2.75) is 26.3 Å². The molecular formula is C13H20ClNO2. The third kappa shape index (κ3) is 4.54. The molecule has 0 aliphatic carbocycles. The topological polar surface area (TPSA) is 52.5 Å². The first-order chi connectivity index (χ1) is 8.19. The number of halogens is 1. The highest BCUT2D eigenvalue weighted by Crippen LogP contribution is 2.26. The molecule has 0 saturated heterocycles. The lowest BCUT2D eigenvalue weighted by atomic mass is 10.0. The van der Waals surface area contributed by atoms with Gasteiger partial charge in [0.15, 0.2) is 0 Å². The van der Waals surface area contributed by atoms with Crippen molar-refractivity contribution in [3.63, 3.8) is 0 Å². The Morgan fingerprint density at radius 1 is 1.41 bits per heavy atom. The quantitative estimate of drug-likeness (QED) is 0.704. The highest BCUT2D eigenvalue weighted by molar-refractivity contribution is 6.32. The van der Waals surface area contributed by atoms with E-state index in [1.54, 1.807) is 6.07 Å². The molecule has 3 N–H and O–H groups in total. The first-order valence-electron chi connectivity index (χ1n) is 5.97. The minimum absolute atomic E-state index is 0.150. The Morgan fingerprint density at radius 2 is 2.18 bits per heavy atom. The van der Waals surface area contributed by atoms with Crippen LogP contribution in [0, 0.1) is 5.92 Å². The van der Waals surface area contributed by atoms with Gasteiger partial charge in [0.25, 0.3) is 0 Å². The van der Waals surface area contributed by atoms with E-state index in [0.717, 1.165) is 24.9 Å². The molecule has 0 aliphatic rings. The second kappa shape index (κ2) is 7.54. The van der Waals surface area contributed by atoms with Gasteiger partial charge in [-0.1, -0.05) is 37.1 Å². The van der Waals surface area contributed by atoms with Crippen LogP contribution in [0.4, 0.5) is 0 Å². The van der Waals surface area contributed by atoms with Gasteiger partial charge < -0.3 is 15.5 Å². The van der Waals surface area contributed by atoms with Crippen molar-refractivity contribution >= 4 is 11.6 Å². The Morgan fingerprint density at radius 3 is 2.82 bits per heavy atom. The summed E-state index contributed by atoms with van der Waals surface area (Å²) in [6.07, 6.45) is 1.85. The number of rotatable bonds is 7. The molecule has 0 spiro atoms. The average molecular weight is 258 g/mol. The minimum Gasteiger partial charge on any atom is -0.506 e. The van der Waals surface area contributed by atoms with Gasteiger partial charge in [0.05, 0.1) is 5.02 Å². The largest absolute Gasteiger partial charge is 0.506 e. The van der Waals surface area contributed by atoms with Crippen LogP contribution in [0.15, 0.2) is 18.2 Å². The number of phenolic OH excluding ortho intramolecular Hbond substituents is 1. The molecule has 1 unspecified atom stereocenters. The molecule has 1 atom stereocenters. The van der Waals surface area contributed by atoms with E-state index in [4.69, 9.17) is 16.7 Å². The van der Waals surface area contributed by atoms with Crippen LogP contribution in [0.2, 0.25) is 5.02 Å². The number of hydrogen-bond donors (Lipinski definition) is 3. The van der Waals surface area contributed by atoms with E-state index in [9.17, 15) is 5.11 Å². The van der Waals surface area contributed by atoms with E-state index >= 15 is 0 Å². The highest BCUT2D eigenvalue weighted by atomic mass is 35.5. The van der Waals surface area contributed by atoms with Crippen LogP contribution >= 0.6 is 11.6 Å². The van der Waals surface area contributed by atoms with Gasteiger partial charge in [0, 0.05) is 18.7 Å². The summed E-state index contributed by atoms with van der Waals surface area (Å²) in [6, 6.07) is 5.34. The summed E-state index contributed by atoms with van der Waals surface area (Å²) in [4.78, 5) is 0. The smallest absolute Gasteiger partial charge is 0.138 e. The predicted octanol–water partition coefficient (Wildman–Crippen LogP) is 2.54. The standard InChI is InChI=1S/C13H20ClNO2/c1-2-10(6-7-16)8-15-9-11-4-3-5-12(14)13(11)17/h3-5,10,15-17H,2,6-9H2,1H3. The van der Waals surface area contributed by atoms with Crippen LogP contribution in [0.5, 0.6) is 5.75 Å². The fourth-order valence-electron chi connectivity index (χ4n) is 1.75. The van der Waals surface area contributed by atoms with E-state index in [1.165, 1.54) is 0 Å². The summed E-state index contributed by atoms with van der Waals surface area (Å²) in [6.45, 7) is 3.76. The van der Waals surface area contributed by atoms with Gasteiger partial charge in [-0.2, -0.15) is 0 Å². The summed E-state index contributed by atoms with van der Waals surface area (Å²) in [5.41, 5.74) is 0.802. The summed E-state index contributed by atoms with van der Waals surface area (Å²) in [5.74, 6) is 0.623. The van der Waals surface area contributed by atoms with Gasteiger partial charge in [-0.05, 0) is 24.9 Å². The van der Waals surface area contributed by atoms with Crippen molar-refractivity contribution in [3.05, 3.63) is 28.8 Å². The van der Waals surface area contributed by atoms with Gasteiger partial charge in [-0.3, -0.25) is 0 Å². The first kappa shape index (κ1) is 14.3. The molecule has 0 aromatic heterocycles. The number of phenols is 1. The van der Waals surface area contributed by atoms with Crippen LogP contribution in [-0.2, 0) is 6.54 Å². The van der Waals surface area contributed by atoms with Crippen LogP contribution < -0.4 is 5.32 Å². The molecule has 17 heavy (non-hydrogen) atoms. The second-order valence-corrected chi connectivity index (χ2v) is 4.57. The Bertz CT molecular complexity index is 344. The molecule has 0 fully saturated rings. The van der Waals surface area contributed by atoms with Crippen LogP contribution in [0.1, 0.15) is 25.3 Å². The summed E-state index contributed by atoms with van der Waals surface area (Å²) in [7, 11) is 0. The van der Waals surface area contributed by atoms with E-state index < -0.39 is 0 Å².